The minimum atomic E-state index is -2.10. The van der Waals surface area contributed by atoms with Crippen LogP contribution in [0.2, 0.25) is 18.1 Å². The molecule has 1 N–H and O–H groups in total. The molecule has 1 amide bonds. The molecule has 1 aliphatic rings. The summed E-state index contributed by atoms with van der Waals surface area (Å²) in [4.78, 5) is 29.3. The first-order valence-corrected chi connectivity index (χ1v) is 14.2. The standard InChI is InChI=1S/C24H35N3O5Si/c1-8-17-19(32-33(6,7)24(2,3)4)20(30-5)22(31-17)27-15-14-18(26-23(27)29)25-21(28)16-12-10-9-11-13-16/h9-15,17,19-20,22H,8H2,1-7H3,(H,25,26,28,29). The lowest BCUT2D eigenvalue weighted by Crippen LogP contribution is -2.49. The van der Waals surface area contributed by atoms with E-state index in [1.54, 1.807) is 43.6 Å². The predicted octanol–water partition coefficient (Wildman–Crippen LogP) is 4.21. The zero-order valence-corrected chi connectivity index (χ0v) is 21.5. The Kier molecular flexibility index (Phi) is 7.58. The Labute approximate surface area is 196 Å². The highest BCUT2D eigenvalue weighted by atomic mass is 28.4. The molecule has 0 saturated carbocycles. The molecule has 9 heteroatoms. The number of hydrogen-bond donors (Lipinski definition) is 1. The lowest BCUT2D eigenvalue weighted by atomic mass is 10.1. The summed E-state index contributed by atoms with van der Waals surface area (Å²) in [7, 11) is -0.495. The van der Waals surface area contributed by atoms with Crippen LogP contribution >= 0.6 is 0 Å². The number of nitrogens with zero attached hydrogens (tertiary/aromatic N) is 2. The third kappa shape index (κ3) is 5.43. The van der Waals surface area contributed by atoms with Gasteiger partial charge in [-0.05, 0) is 42.8 Å². The molecule has 0 aliphatic carbocycles. The number of nitrogens with one attached hydrogen (secondary N) is 1. The second kappa shape index (κ2) is 9.88. The molecule has 0 radical (unpaired) electrons. The van der Waals surface area contributed by atoms with Crippen LogP contribution in [0.3, 0.4) is 0 Å². The van der Waals surface area contributed by atoms with Gasteiger partial charge < -0.3 is 19.2 Å². The molecule has 8 nitrogen and oxygen atoms in total. The maximum Gasteiger partial charge on any atom is 0.351 e. The molecule has 1 fully saturated rings. The molecule has 3 rings (SSSR count). The van der Waals surface area contributed by atoms with E-state index >= 15 is 0 Å². The summed E-state index contributed by atoms with van der Waals surface area (Å²) in [6, 6.07) is 10.3. The van der Waals surface area contributed by atoms with Crippen LogP contribution in [0.25, 0.3) is 0 Å². The van der Waals surface area contributed by atoms with E-state index in [9.17, 15) is 9.59 Å². The van der Waals surface area contributed by atoms with Crippen molar-refractivity contribution in [3.05, 3.63) is 58.6 Å². The monoisotopic (exact) mass is 473 g/mol. The highest BCUT2D eigenvalue weighted by Gasteiger charge is 2.50. The van der Waals surface area contributed by atoms with Crippen molar-refractivity contribution in [1.82, 2.24) is 9.55 Å². The molecule has 1 saturated heterocycles. The third-order valence-electron chi connectivity index (χ3n) is 6.58. The number of rotatable bonds is 7. The summed E-state index contributed by atoms with van der Waals surface area (Å²) in [5, 5.41) is 2.69. The van der Waals surface area contributed by atoms with Crippen LogP contribution in [0.1, 0.15) is 50.7 Å². The molecule has 1 aromatic heterocycles. The van der Waals surface area contributed by atoms with E-state index < -0.39 is 26.3 Å². The van der Waals surface area contributed by atoms with Crippen molar-refractivity contribution in [2.45, 2.75) is 76.8 Å². The van der Waals surface area contributed by atoms with Crippen molar-refractivity contribution in [2.24, 2.45) is 0 Å². The summed E-state index contributed by atoms with van der Waals surface area (Å²) < 4.78 is 20.1. The van der Waals surface area contributed by atoms with Crippen LogP contribution in [0, 0.1) is 0 Å². The topological polar surface area (TPSA) is 91.7 Å². The first-order chi connectivity index (χ1) is 15.5. The van der Waals surface area contributed by atoms with Gasteiger partial charge in [-0.25, -0.2) is 4.79 Å². The van der Waals surface area contributed by atoms with Crippen molar-refractivity contribution in [1.29, 1.82) is 0 Å². The van der Waals surface area contributed by atoms with Crippen molar-refractivity contribution >= 4 is 20.0 Å². The number of methoxy groups -OCH3 is 1. The van der Waals surface area contributed by atoms with E-state index in [0.29, 0.717) is 5.56 Å². The Hall–Kier alpha value is -2.33. The van der Waals surface area contributed by atoms with Gasteiger partial charge in [0.2, 0.25) is 0 Å². The maximum absolute atomic E-state index is 12.9. The van der Waals surface area contributed by atoms with E-state index in [2.05, 4.69) is 44.2 Å². The van der Waals surface area contributed by atoms with Gasteiger partial charge in [0.1, 0.15) is 18.0 Å². The van der Waals surface area contributed by atoms with E-state index in [-0.39, 0.29) is 29.0 Å². The normalized spacial score (nSPS) is 23.5. The van der Waals surface area contributed by atoms with Gasteiger partial charge in [0.25, 0.3) is 5.91 Å². The van der Waals surface area contributed by atoms with Crippen molar-refractivity contribution in [3.8, 4) is 0 Å². The average Bonchev–Trinajstić information content (AvgIpc) is 3.10. The first-order valence-electron chi connectivity index (χ1n) is 11.3. The average molecular weight is 474 g/mol. The fourth-order valence-electron chi connectivity index (χ4n) is 3.62. The van der Waals surface area contributed by atoms with E-state index in [1.807, 2.05) is 13.0 Å². The summed E-state index contributed by atoms with van der Waals surface area (Å²) in [5.74, 6) is -0.154. The lowest BCUT2D eigenvalue weighted by Gasteiger charge is -2.40. The summed E-state index contributed by atoms with van der Waals surface area (Å²) >= 11 is 0. The minimum Gasteiger partial charge on any atom is -0.408 e. The largest absolute Gasteiger partial charge is 0.408 e. The molecule has 1 aromatic carbocycles. The number of carbonyl (C=O) groups is 1. The van der Waals surface area contributed by atoms with Crippen molar-refractivity contribution in [2.75, 3.05) is 12.4 Å². The maximum atomic E-state index is 12.9. The Morgan fingerprint density at radius 1 is 1.18 bits per heavy atom. The SMILES string of the molecule is CCC1OC(n2ccc(NC(=O)c3ccccc3)nc2=O)C(OC)C1O[Si](C)(C)C(C)(C)C. The number of benzene rings is 1. The van der Waals surface area contributed by atoms with Gasteiger partial charge >= 0.3 is 5.69 Å². The number of anilines is 1. The third-order valence-corrected chi connectivity index (χ3v) is 11.1. The van der Waals surface area contributed by atoms with E-state index in [0.717, 1.165) is 6.42 Å². The Morgan fingerprint density at radius 3 is 2.39 bits per heavy atom. The second-order valence-corrected chi connectivity index (χ2v) is 14.6. The summed E-state index contributed by atoms with van der Waals surface area (Å²) in [6.07, 6.45) is 0.660. The number of hydrogen-bond acceptors (Lipinski definition) is 6. The predicted molar refractivity (Wildman–Crippen MR) is 130 cm³/mol. The Balaban J connectivity index is 1.83. The molecular weight excluding hydrogens is 438 g/mol. The molecule has 0 bridgehead atoms. The first kappa shape index (κ1) is 25.3. The number of ether oxygens (including phenoxy) is 2. The van der Waals surface area contributed by atoms with Crippen molar-refractivity contribution in [3.63, 3.8) is 0 Å². The van der Waals surface area contributed by atoms with Gasteiger partial charge in [-0.3, -0.25) is 9.36 Å². The fraction of sp³-hybridized carbons (Fsp3) is 0.542. The molecule has 180 valence electrons. The van der Waals surface area contributed by atoms with Gasteiger partial charge in [0.15, 0.2) is 14.5 Å². The smallest absolute Gasteiger partial charge is 0.351 e. The van der Waals surface area contributed by atoms with Gasteiger partial charge in [0.05, 0.1) is 6.10 Å². The zero-order valence-electron chi connectivity index (χ0n) is 20.5. The Morgan fingerprint density at radius 2 is 1.85 bits per heavy atom. The van der Waals surface area contributed by atoms with Crippen LogP contribution in [0.5, 0.6) is 0 Å². The second-order valence-electron chi connectivity index (χ2n) is 9.84. The quantitative estimate of drug-likeness (QED) is 0.606. The van der Waals surface area contributed by atoms with Crippen molar-refractivity contribution < 1.29 is 18.7 Å². The molecule has 4 unspecified atom stereocenters. The van der Waals surface area contributed by atoms with Crippen LogP contribution in [0.15, 0.2) is 47.4 Å². The summed E-state index contributed by atoms with van der Waals surface area (Å²) in [5.41, 5.74) is -0.0470. The lowest BCUT2D eigenvalue weighted by molar-refractivity contribution is -0.0539. The molecule has 33 heavy (non-hydrogen) atoms. The van der Waals surface area contributed by atoms with Crippen LogP contribution in [-0.4, -0.2) is 49.2 Å². The van der Waals surface area contributed by atoms with Crippen LogP contribution in [-0.2, 0) is 13.9 Å². The highest BCUT2D eigenvalue weighted by Crippen LogP contribution is 2.42. The number of amides is 1. The molecular formula is C24H35N3O5Si. The number of carbonyl (C=O) groups excluding carboxylic acids is 1. The van der Waals surface area contributed by atoms with E-state index in [1.165, 1.54) is 4.57 Å². The summed E-state index contributed by atoms with van der Waals surface area (Å²) in [6.45, 7) is 13.0. The van der Waals surface area contributed by atoms with Crippen LogP contribution in [0.4, 0.5) is 5.82 Å². The van der Waals surface area contributed by atoms with Gasteiger partial charge in [0, 0.05) is 18.9 Å². The van der Waals surface area contributed by atoms with Gasteiger partial charge in [-0.2, -0.15) is 4.98 Å². The molecule has 4 atom stereocenters. The minimum absolute atomic E-state index is 0.0265. The van der Waals surface area contributed by atoms with Gasteiger partial charge in [-0.1, -0.05) is 45.9 Å². The molecule has 1 aliphatic heterocycles. The van der Waals surface area contributed by atoms with E-state index in [4.69, 9.17) is 13.9 Å². The van der Waals surface area contributed by atoms with Crippen LogP contribution < -0.4 is 11.0 Å². The highest BCUT2D eigenvalue weighted by molar-refractivity contribution is 6.74. The fourth-order valence-corrected chi connectivity index (χ4v) is 4.94. The molecule has 0 spiro atoms. The zero-order chi connectivity index (χ0) is 24.4. The molecule has 2 heterocycles. The Bertz CT molecular complexity index is 1020. The van der Waals surface area contributed by atoms with Gasteiger partial charge in [-0.15, -0.1) is 0 Å². The molecule has 2 aromatic rings. The number of aromatic nitrogens is 2.